The van der Waals surface area contributed by atoms with Gasteiger partial charge in [-0.05, 0) is 33.8 Å². The quantitative estimate of drug-likeness (QED) is 0.635. The van der Waals surface area contributed by atoms with Crippen molar-refractivity contribution in [1.29, 1.82) is 0 Å². The molecule has 1 unspecified atom stereocenters. The van der Waals surface area contributed by atoms with Gasteiger partial charge in [0, 0.05) is 18.7 Å². The van der Waals surface area contributed by atoms with Crippen molar-refractivity contribution in [2.75, 3.05) is 18.4 Å². The molecular formula is C13H20N4O3. The highest BCUT2D eigenvalue weighted by Crippen LogP contribution is 2.19. The summed E-state index contributed by atoms with van der Waals surface area (Å²) in [6.45, 7) is 8.52. The lowest BCUT2D eigenvalue weighted by molar-refractivity contribution is -0.385. The van der Waals surface area contributed by atoms with Gasteiger partial charge in [0.05, 0.1) is 4.92 Å². The molecule has 0 aromatic carbocycles. The number of nitrogens with one attached hydrogen (secondary N) is 1. The average Bonchev–Trinajstić information content (AvgIpc) is 2.39. The molecule has 0 aliphatic rings. The van der Waals surface area contributed by atoms with Gasteiger partial charge in [-0.25, -0.2) is 4.98 Å². The maximum absolute atomic E-state index is 12.1. The molecule has 7 heteroatoms. The minimum Gasteiger partial charge on any atom is -0.359 e. The fourth-order valence-corrected chi connectivity index (χ4v) is 1.91. The predicted octanol–water partition coefficient (Wildman–Crippen LogP) is 1.97. The van der Waals surface area contributed by atoms with Crippen LogP contribution < -0.4 is 5.32 Å². The maximum Gasteiger partial charge on any atom is 0.290 e. The maximum atomic E-state index is 12.1. The fraction of sp³-hybridized carbons (Fsp3) is 0.538. The van der Waals surface area contributed by atoms with Crippen LogP contribution in [0.5, 0.6) is 0 Å². The van der Waals surface area contributed by atoms with Crippen molar-refractivity contribution >= 4 is 17.4 Å². The van der Waals surface area contributed by atoms with E-state index in [1.807, 2.05) is 13.8 Å². The molecule has 1 amide bonds. The predicted molar refractivity (Wildman–Crippen MR) is 76.6 cm³/mol. The lowest BCUT2D eigenvalue weighted by Crippen LogP contribution is -2.41. The van der Waals surface area contributed by atoms with Gasteiger partial charge in [0.2, 0.25) is 5.91 Å². The molecule has 1 atom stereocenters. The number of carbonyl (C=O) groups excluding carboxylic acids is 1. The molecule has 0 saturated heterocycles. The Morgan fingerprint density at radius 2 is 2.10 bits per heavy atom. The van der Waals surface area contributed by atoms with Crippen LogP contribution in [-0.4, -0.2) is 39.8 Å². The number of anilines is 1. The van der Waals surface area contributed by atoms with Crippen LogP contribution in [0.1, 0.15) is 26.3 Å². The summed E-state index contributed by atoms with van der Waals surface area (Å²) in [4.78, 5) is 28.0. The lowest BCUT2D eigenvalue weighted by atomic mass is 10.2. The Hall–Kier alpha value is -2.18. The summed E-state index contributed by atoms with van der Waals surface area (Å²) in [6.07, 6.45) is 1.20. The third-order valence-corrected chi connectivity index (χ3v) is 3.09. The van der Waals surface area contributed by atoms with Gasteiger partial charge in [-0.15, -0.1) is 0 Å². The summed E-state index contributed by atoms with van der Waals surface area (Å²) >= 11 is 0. The second-order valence-electron chi connectivity index (χ2n) is 4.49. The molecule has 110 valence electrons. The molecule has 0 aliphatic heterocycles. The van der Waals surface area contributed by atoms with E-state index in [1.54, 1.807) is 24.8 Å². The number of hydrogen-bond donors (Lipinski definition) is 1. The normalized spacial score (nSPS) is 11.8. The number of nitrogens with zero attached hydrogens (tertiary/aromatic N) is 3. The number of aromatic nitrogens is 1. The van der Waals surface area contributed by atoms with E-state index in [0.29, 0.717) is 24.5 Å². The summed E-state index contributed by atoms with van der Waals surface area (Å²) in [5.41, 5.74) is 0.480. The number of pyridine rings is 1. The molecule has 1 aromatic heterocycles. The van der Waals surface area contributed by atoms with Gasteiger partial charge in [-0.2, -0.15) is 0 Å². The molecule has 1 rings (SSSR count). The highest BCUT2D eigenvalue weighted by molar-refractivity contribution is 5.84. The summed E-state index contributed by atoms with van der Waals surface area (Å²) in [5, 5.41) is 13.7. The van der Waals surface area contributed by atoms with Gasteiger partial charge < -0.3 is 10.2 Å². The Morgan fingerprint density at radius 3 is 2.55 bits per heavy atom. The van der Waals surface area contributed by atoms with Crippen molar-refractivity contribution < 1.29 is 9.72 Å². The molecule has 0 bridgehead atoms. The summed E-state index contributed by atoms with van der Waals surface area (Å²) < 4.78 is 0. The molecular weight excluding hydrogens is 260 g/mol. The third-order valence-electron chi connectivity index (χ3n) is 3.09. The molecule has 20 heavy (non-hydrogen) atoms. The van der Waals surface area contributed by atoms with E-state index in [0.717, 1.165) is 0 Å². The van der Waals surface area contributed by atoms with E-state index in [9.17, 15) is 14.9 Å². The van der Waals surface area contributed by atoms with Gasteiger partial charge in [0.25, 0.3) is 5.69 Å². The first-order valence-electron chi connectivity index (χ1n) is 6.57. The summed E-state index contributed by atoms with van der Waals surface area (Å²) in [5.74, 6) is 0.439. The second kappa shape index (κ2) is 6.83. The molecule has 1 heterocycles. The Balaban J connectivity index is 2.81. The standard InChI is InChI=1S/C13H20N4O3/c1-5-16(6-2)13(18)10(4)15-12-7-9(3)11(8-14-12)17(19)20/h7-8,10H,5-6H2,1-4H3,(H,14,15). The number of hydrogen-bond acceptors (Lipinski definition) is 5. The molecule has 0 saturated carbocycles. The zero-order valence-corrected chi connectivity index (χ0v) is 12.2. The first-order chi connectivity index (χ1) is 9.40. The number of likely N-dealkylation sites (N-methyl/N-ethyl adjacent to an activating group) is 1. The molecule has 0 radical (unpaired) electrons. The van der Waals surface area contributed by atoms with Gasteiger partial charge >= 0.3 is 0 Å². The Kier molecular flexibility index (Phi) is 5.42. The number of rotatable bonds is 6. The van der Waals surface area contributed by atoms with E-state index in [2.05, 4.69) is 10.3 Å². The van der Waals surface area contributed by atoms with Crippen LogP contribution in [0.15, 0.2) is 12.3 Å². The molecule has 0 aliphatic carbocycles. The Bertz CT molecular complexity index is 500. The minimum absolute atomic E-state index is 0.0206. The van der Waals surface area contributed by atoms with Crippen LogP contribution in [0.4, 0.5) is 11.5 Å². The SMILES string of the molecule is CCN(CC)C(=O)C(C)Nc1cc(C)c([N+](=O)[O-])cn1. The first kappa shape index (κ1) is 15.9. The average molecular weight is 280 g/mol. The molecule has 1 N–H and O–H groups in total. The van der Waals surface area contributed by atoms with E-state index in [-0.39, 0.29) is 11.6 Å². The number of aryl methyl sites for hydroxylation is 1. The highest BCUT2D eigenvalue weighted by Gasteiger charge is 2.19. The third kappa shape index (κ3) is 3.66. The molecule has 0 fully saturated rings. The van der Waals surface area contributed by atoms with Gasteiger partial charge in [-0.1, -0.05) is 0 Å². The zero-order chi connectivity index (χ0) is 15.3. The summed E-state index contributed by atoms with van der Waals surface area (Å²) in [6, 6.07) is 1.15. The fourth-order valence-electron chi connectivity index (χ4n) is 1.91. The molecule has 0 spiro atoms. The molecule has 7 nitrogen and oxygen atoms in total. The van der Waals surface area contributed by atoms with Crippen LogP contribution in [0.2, 0.25) is 0 Å². The number of carbonyl (C=O) groups is 1. The van der Waals surface area contributed by atoms with Crippen molar-refractivity contribution in [3.05, 3.63) is 27.9 Å². The number of amides is 1. The van der Waals surface area contributed by atoms with Gasteiger partial charge in [0.1, 0.15) is 18.1 Å². The second-order valence-corrected chi connectivity index (χ2v) is 4.49. The molecule has 1 aromatic rings. The van der Waals surface area contributed by atoms with E-state index >= 15 is 0 Å². The lowest BCUT2D eigenvalue weighted by Gasteiger charge is -2.23. The highest BCUT2D eigenvalue weighted by atomic mass is 16.6. The van der Waals surface area contributed by atoms with E-state index in [4.69, 9.17) is 0 Å². The van der Waals surface area contributed by atoms with E-state index < -0.39 is 11.0 Å². The van der Waals surface area contributed by atoms with Crippen LogP contribution in [0.25, 0.3) is 0 Å². The van der Waals surface area contributed by atoms with Crippen LogP contribution in [0.3, 0.4) is 0 Å². The van der Waals surface area contributed by atoms with Crippen LogP contribution in [-0.2, 0) is 4.79 Å². The summed E-state index contributed by atoms with van der Waals surface area (Å²) in [7, 11) is 0. The smallest absolute Gasteiger partial charge is 0.290 e. The topological polar surface area (TPSA) is 88.4 Å². The van der Waals surface area contributed by atoms with Crippen LogP contribution >= 0.6 is 0 Å². The monoisotopic (exact) mass is 280 g/mol. The van der Waals surface area contributed by atoms with Gasteiger partial charge in [0.15, 0.2) is 0 Å². The number of nitro groups is 1. The first-order valence-corrected chi connectivity index (χ1v) is 6.57. The van der Waals surface area contributed by atoms with Gasteiger partial charge in [-0.3, -0.25) is 14.9 Å². The van der Waals surface area contributed by atoms with Crippen molar-refractivity contribution in [2.45, 2.75) is 33.7 Å². The largest absolute Gasteiger partial charge is 0.359 e. The zero-order valence-electron chi connectivity index (χ0n) is 12.2. The van der Waals surface area contributed by atoms with Crippen molar-refractivity contribution in [2.24, 2.45) is 0 Å². The Labute approximate surface area is 118 Å². The van der Waals surface area contributed by atoms with Crippen molar-refractivity contribution in [3.8, 4) is 0 Å². The van der Waals surface area contributed by atoms with E-state index in [1.165, 1.54) is 6.20 Å². The van der Waals surface area contributed by atoms with Crippen molar-refractivity contribution in [3.63, 3.8) is 0 Å². The Morgan fingerprint density at radius 1 is 1.50 bits per heavy atom. The van der Waals surface area contributed by atoms with Crippen molar-refractivity contribution in [1.82, 2.24) is 9.88 Å². The minimum atomic E-state index is -0.476. The van der Waals surface area contributed by atoms with Crippen LogP contribution in [0, 0.1) is 17.0 Å².